The van der Waals surface area contributed by atoms with Gasteiger partial charge in [0.2, 0.25) is 0 Å². The summed E-state index contributed by atoms with van der Waals surface area (Å²) in [7, 11) is 0. The Hall–Kier alpha value is -1.48. The predicted octanol–water partition coefficient (Wildman–Crippen LogP) is 3.88. The molecule has 0 amide bonds. The fraction of sp³-hybridized carbons (Fsp3) is 0.400. The number of fused-ring (bicyclic) bond motifs is 6. The number of halogens is 1. The predicted molar refractivity (Wildman–Crippen MR) is 77.5 cm³/mol. The Kier molecular flexibility index (Phi) is 2.25. The molecule has 19 heavy (non-hydrogen) atoms. The van der Waals surface area contributed by atoms with Crippen molar-refractivity contribution in [3.05, 3.63) is 35.5 Å². The molecule has 0 saturated carbocycles. The highest BCUT2D eigenvalue weighted by molar-refractivity contribution is 6.31. The third kappa shape index (κ3) is 1.42. The Balaban J connectivity index is 2.03. The average Bonchev–Trinajstić information content (AvgIpc) is 2.89. The van der Waals surface area contributed by atoms with Crippen molar-refractivity contribution in [2.45, 2.75) is 31.8 Å². The van der Waals surface area contributed by atoms with Crippen molar-refractivity contribution in [2.75, 3.05) is 11.4 Å². The van der Waals surface area contributed by atoms with Gasteiger partial charge in [-0.2, -0.15) is 5.10 Å². The lowest BCUT2D eigenvalue weighted by atomic mass is 9.91. The van der Waals surface area contributed by atoms with Crippen molar-refractivity contribution in [1.29, 1.82) is 0 Å². The van der Waals surface area contributed by atoms with Gasteiger partial charge in [0.05, 0.1) is 5.69 Å². The van der Waals surface area contributed by atoms with Crippen LogP contribution in [0.3, 0.4) is 0 Å². The zero-order valence-corrected chi connectivity index (χ0v) is 11.7. The maximum absolute atomic E-state index is 6.21. The molecular formula is C15H16ClN3. The minimum absolute atomic E-state index is 0.0469. The minimum Gasteiger partial charge on any atom is -0.347 e. The standard InChI is InChI=1S/C15H16ClN3/c1-15-7-2-3-9-18(15)14-10-11(16)4-5-12(14)13-6-8-17-19(13)15/h4-6,8,10H,2-3,7,9H2,1H3. The zero-order chi connectivity index (χ0) is 13.0. The monoisotopic (exact) mass is 273 g/mol. The topological polar surface area (TPSA) is 21.1 Å². The highest BCUT2D eigenvalue weighted by atomic mass is 35.5. The molecule has 2 aliphatic rings. The number of nitrogens with zero attached hydrogens (tertiary/aromatic N) is 3. The van der Waals surface area contributed by atoms with E-state index < -0.39 is 0 Å². The van der Waals surface area contributed by atoms with Crippen LogP contribution in [0.2, 0.25) is 5.02 Å². The summed E-state index contributed by atoms with van der Waals surface area (Å²) in [5.74, 6) is 0. The number of hydrogen-bond acceptors (Lipinski definition) is 2. The van der Waals surface area contributed by atoms with Crippen LogP contribution in [0.4, 0.5) is 5.69 Å². The molecule has 1 saturated heterocycles. The first-order valence-electron chi connectivity index (χ1n) is 6.82. The summed E-state index contributed by atoms with van der Waals surface area (Å²) in [5, 5.41) is 5.38. The maximum atomic E-state index is 6.21. The van der Waals surface area contributed by atoms with E-state index in [4.69, 9.17) is 11.6 Å². The molecule has 2 aromatic rings. The summed E-state index contributed by atoms with van der Waals surface area (Å²) in [6.07, 6.45) is 5.52. The van der Waals surface area contributed by atoms with Crippen LogP contribution in [0.25, 0.3) is 11.3 Å². The molecule has 0 N–H and O–H groups in total. The van der Waals surface area contributed by atoms with E-state index in [1.54, 1.807) is 0 Å². The van der Waals surface area contributed by atoms with Crippen LogP contribution in [0, 0.1) is 0 Å². The molecule has 2 aliphatic heterocycles. The van der Waals surface area contributed by atoms with E-state index in [0.29, 0.717) is 0 Å². The molecule has 4 heteroatoms. The van der Waals surface area contributed by atoms with Crippen molar-refractivity contribution < 1.29 is 0 Å². The van der Waals surface area contributed by atoms with Crippen molar-refractivity contribution >= 4 is 17.3 Å². The normalized spacial score (nSPS) is 24.6. The zero-order valence-electron chi connectivity index (χ0n) is 10.9. The molecule has 98 valence electrons. The van der Waals surface area contributed by atoms with Gasteiger partial charge in [0.25, 0.3) is 0 Å². The van der Waals surface area contributed by atoms with Gasteiger partial charge in [-0.05, 0) is 50.5 Å². The Bertz CT molecular complexity index is 649. The van der Waals surface area contributed by atoms with Crippen molar-refractivity contribution in [2.24, 2.45) is 0 Å². The van der Waals surface area contributed by atoms with Crippen LogP contribution < -0.4 is 4.90 Å². The lowest BCUT2D eigenvalue weighted by molar-refractivity contribution is 0.212. The number of anilines is 1. The fourth-order valence-corrected chi connectivity index (χ4v) is 3.71. The van der Waals surface area contributed by atoms with E-state index in [0.717, 1.165) is 18.0 Å². The maximum Gasteiger partial charge on any atom is 0.131 e. The largest absolute Gasteiger partial charge is 0.347 e. The van der Waals surface area contributed by atoms with Crippen molar-refractivity contribution in [1.82, 2.24) is 9.78 Å². The van der Waals surface area contributed by atoms with Crippen LogP contribution in [0.1, 0.15) is 26.2 Å². The number of hydrogen-bond donors (Lipinski definition) is 0. The first-order chi connectivity index (χ1) is 9.20. The Morgan fingerprint density at radius 3 is 3.05 bits per heavy atom. The Morgan fingerprint density at radius 1 is 1.26 bits per heavy atom. The van der Waals surface area contributed by atoms with Crippen LogP contribution in [0.15, 0.2) is 30.5 Å². The fourth-order valence-electron chi connectivity index (χ4n) is 3.54. The summed E-state index contributed by atoms with van der Waals surface area (Å²) in [4.78, 5) is 2.47. The van der Waals surface area contributed by atoms with E-state index >= 15 is 0 Å². The number of aromatic nitrogens is 2. The quantitative estimate of drug-likeness (QED) is 0.726. The third-order valence-electron chi connectivity index (χ3n) is 4.49. The van der Waals surface area contributed by atoms with Gasteiger partial charge in [-0.15, -0.1) is 0 Å². The molecule has 0 bridgehead atoms. The second kappa shape index (κ2) is 3.76. The molecule has 4 rings (SSSR count). The van der Waals surface area contributed by atoms with Gasteiger partial charge < -0.3 is 4.90 Å². The second-order valence-electron chi connectivity index (χ2n) is 5.62. The summed E-state index contributed by atoms with van der Waals surface area (Å²) in [6, 6.07) is 8.27. The summed E-state index contributed by atoms with van der Waals surface area (Å²) < 4.78 is 2.18. The van der Waals surface area contributed by atoms with Crippen molar-refractivity contribution in [3.63, 3.8) is 0 Å². The summed E-state index contributed by atoms with van der Waals surface area (Å²) >= 11 is 6.21. The van der Waals surface area contributed by atoms with Gasteiger partial charge in [-0.1, -0.05) is 11.6 Å². The van der Waals surface area contributed by atoms with Gasteiger partial charge in [-0.3, -0.25) is 0 Å². The molecule has 1 unspecified atom stereocenters. The van der Waals surface area contributed by atoms with Gasteiger partial charge >= 0.3 is 0 Å². The molecule has 1 aromatic carbocycles. The first kappa shape index (κ1) is 11.4. The first-order valence-corrected chi connectivity index (χ1v) is 7.20. The number of rotatable bonds is 0. The average molecular weight is 274 g/mol. The Morgan fingerprint density at radius 2 is 2.16 bits per heavy atom. The summed E-state index contributed by atoms with van der Waals surface area (Å²) in [6.45, 7) is 3.36. The lowest BCUT2D eigenvalue weighted by Crippen LogP contribution is -2.54. The van der Waals surface area contributed by atoms with E-state index in [1.165, 1.54) is 29.8 Å². The van der Waals surface area contributed by atoms with Crippen LogP contribution in [0.5, 0.6) is 0 Å². The van der Waals surface area contributed by atoms with Gasteiger partial charge in [0.15, 0.2) is 0 Å². The molecular weight excluding hydrogens is 258 g/mol. The molecule has 1 atom stereocenters. The van der Waals surface area contributed by atoms with Gasteiger partial charge in [0, 0.05) is 29.0 Å². The number of piperidine rings is 1. The minimum atomic E-state index is -0.0469. The second-order valence-corrected chi connectivity index (χ2v) is 6.05. The molecule has 1 aromatic heterocycles. The van der Waals surface area contributed by atoms with Crippen LogP contribution in [-0.2, 0) is 5.66 Å². The number of benzene rings is 1. The smallest absolute Gasteiger partial charge is 0.131 e. The molecule has 1 fully saturated rings. The molecule has 3 heterocycles. The lowest BCUT2D eigenvalue weighted by Gasteiger charge is -2.50. The molecule has 0 spiro atoms. The van der Waals surface area contributed by atoms with E-state index in [9.17, 15) is 0 Å². The van der Waals surface area contributed by atoms with E-state index in [-0.39, 0.29) is 5.66 Å². The van der Waals surface area contributed by atoms with Crippen LogP contribution >= 0.6 is 11.6 Å². The highest BCUT2D eigenvalue weighted by Gasteiger charge is 2.42. The van der Waals surface area contributed by atoms with Gasteiger partial charge in [-0.25, -0.2) is 4.68 Å². The van der Waals surface area contributed by atoms with Crippen molar-refractivity contribution in [3.8, 4) is 11.3 Å². The van der Waals surface area contributed by atoms with Crippen LogP contribution in [-0.4, -0.2) is 16.3 Å². The molecule has 0 radical (unpaired) electrons. The van der Waals surface area contributed by atoms with E-state index in [2.05, 4.69) is 39.8 Å². The summed E-state index contributed by atoms with van der Waals surface area (Å²) in [5.41, 5.74) is 3.64. The third-order valence-corrected chi connectivity index (χ3v) is 4.72. The van der Waals surface area contributed by atoms with Gasteiger partial charge in [0.1, 0.15) is 5.66 Å². The SMILES string of the molecule is CC12CCCCN1c1cc(Cl)ccc1-c1ccnn12. The molecule has 3 nitrogen and oxygen atoms in total. The van der Waals surface area contributed by atoms with E-state index in [1.807, 2.05) is 12.3 Å². The highest BCUT2D eigenvalue weighted by Crippen LogP contribution is 2.47. The molecule has 0 aliphatic carbocycles. The Labute approximate surface area is 117 Å².